The number of amides is 3. The lowest BCUT2D eigenvalue weighted by molar-refractivity contribution is -0.142. The van der Waals surface area contributed by atoms with Crippen molar-refractivity contribution in [1.82, 2.24) is 35.8 Å². The summed E-state index contributed by atoms with van der Waals surface area (Å²) in [4.78, 5) is 57.9. The number of aromatic nitrogens is 3. The van der Waals surface area contributed by atoms with Crippen LogP contribution in [-0.2, 0) is 33.9 Å². The van der Waals surface area contributed by atoms with Crippen LogP contribution in [0.3, 0.4) is 0 Å². The molecule has 6 rings (SSSR count). The first kappa shape index (κ1) is 42.6. The molecule has 4 heterocycles. The number of likely N-dealkylation sites (N-methyl/N-ethyl adjacent to an activating group) is 1. The van der Waals surface area contributed by atoms with E-state index in [1.807, 2.05) is 66.9 Å². The Balaban J connectivity index is 1.44. The fourth-order valence-corrected chi connectivity index (χ4v) is 8.56. The minimum absolute atomic E-state index is 0.101. The first-order valence-electron chi connectivity index (χ1n) is 19.7. The third kappa shape index (κ3) is 10.5. The lowest BCUT2D eigenvalue weighted by atomic mass is 10.00. The third-order valence-corrected chi connectivity index (χ3v) is 12.1. The van der Waals surface area contributed by atoms with Gasteiger partial charge in [0, 0.05) is 67.0 Å². The van der Waals surface area contributed by atoms with Crippen molar-refractivity contribution in [2.75, 3.05) is 27.2 Å². The van der Waals surface area contributed by atoms with Gasteiger partial charge in [-0.1, -0.05) is 60.5 Å². The summed E-state index contributed by atoms with van der Waals surface area (Å²) in [5.41, 5.74) is 16.8. The van der Waals surface area contributed by atoms with Crippen LogP contribution in [0.5, 0.6) is 5.88 Å². The number of pyridine rings is 2. The van der Waals surface area contributed by atoms with Gasteiger partial charge in [0.2, 0.25) is 23.6 Å². The van der Waals surface area contributed by atoms with Crippen LogP contribution in [0.1, 0.15) is 55.2 Å². The monoisotopic (exact) mass is 825 g/mol. The molecule has 306 valence electrons. The lowest BCUT2D eigenvalue weighted by Gasteiger charge is -2.32. The number of carbonyl (C=O) groups is 3. The number of halogens is 1. The van der Waals surface area contributed by atoms with Gasteiger partial charge in [-0.3, -0.25) is 14.4 Å². The predicted molar refractivity (Wildman–Crippen MR) is 228 cm³/mol. The normalized spacial score (nSPS) is 18.3. The highest BCUT2D eigenvalue weighted by Gasteiger charge is 2.34. The molecule has 1 aliphatic rings. The van der Waals surface area contributed by atoms with E-state index in [0.717, 1.165) is 51.6 Å². The second-order valence-electron chi connectivity index (χ2n) is 14.4. The Morgan fingerprint density at radius 3 is 2.48 bits per heavy atom. The maximum absolute atomic E-state index is 14.6. The number of rotatable bonds is 12. The molecular formula is C43H52ClN9O4S. The van der Waals surface area contributed by atoms with Crippen molar-refractivity contribution >= 4 is 52.0 Å². The molecule has 8 N–H and O–H groups in total. The quantitative estimate of drug-likeness (QED) is 0.0896. The first-order chi connectivity index (χ1) is 28.2. The topological polar surface area (TPSA) is 193 Å². The number of para-hydroxylation sites is 1. The van der Waals surface area contributed by atoms with E-state index in [-0.39, 0.29) is 30.7 Å². The average molecular weight is 826 g/mol. The number of nitrogens with one attached hydrogen (secondary N) is 4. The van der Waals surface area contributed by atoms with Crippen molar-refractivity contribution in [2.24, 2.45) is 11.5 Å². The number of nitrogens with zero attached hydrogens (tertiary/aromatic N) is 3. The number of ether oxygens (including phenoxy) is 1. The second kappa shape index (κ2) is 20.6. The fraction of sp³-hybridized carbons (Fsp3) is 0.372. The SMILES string of the molecule is COc1cc(-c2cc(Cl)c3c(c2)CNC(=O)[C@H](Cc2c[nH]c4ccccc24)N(C)C(=O)[C@H](CCCCCN)NC(=O)[C@H](CCCN)NCc2cccnc2S3)ccn1. The molecule has 0 bridgehead atoms. The molecule has 1 aliphatic heterocycles. The Kier molecular flexibility index (Phi) is 15.2. The summed E-state index contributed by atoms with van der Waals surface area (Å²) >= 11 is 8.53. The predicted octanol–water partition coefficient (Wildman–Crippen LogP) is 5.34. The van der Waals surface area contributed by atoms with Gasteiger partial charge in [-0.2, -0.15) is 0 Å². The standard InChI is InChI=1S/C43H52ClN9O4S/c1-53-37(22-30-25-49-34-12-6-5-11-32(30)34)41(55)51-26-31-20-29(27-15-19-47-38(23-27)57-2)21-33(44)39(31)58-42-28(10-9-18-48-42)24-50-35(14-8-17-46)40(54)52-36(43(53)56)13-4-3-7-16-45/h5-6,9-12,15,18-21,23,25,35-37,49-50H,3-4,7-8,13-14,16-17,22,24,26,45-46H2,1-2H3,(H,51,55)(H,52,54)/t35-,36-,37-/m0/s1. The van der Waals surface area contributed by atoms with E-state index < -0.39 is 18.1 Å². The summed E-state index contributed by atoms with van der Waals surface area (Å²) in [5, 5.41) is 11.8. The maximum atomic E-state index is 14.6. The highest BCUT2D eigenvalue weighted by molar-refractivity contribution is 7.99. The van der Waals surface area contributed by atoms with E-state index in [2.05, 4.69) is 25.9 Å². The van der Waals surface area contributed by atoms with Gasteiger partial charge in [0.25, 0.3) is 0 Å². The molecule has 5 aromatic rings. The Hall–Kier alpha value is -4.99. The van der Waals surface area contributed by atoms with Gasteiger partial charge in [-0.05, 0) is 96.9 Å². The Morgan fingerprint density at radius 2 is 1.67 bits per heavy atom. The molecule has 0 saturated carbocycles. The molecule has 0 radical (unpaired) electrons. The number of unbranched alkanes of at least 4 members (excludes halogenated alkanes) is 2. The molecule has 13 nitrogen and oxygen atoms in total. The number of nitrogens with two attached hydrogens (primary N) is 2. The number of hydrogen-bond donors (Lipinski definition) is 6. The van der Waals surface area contributed by atoms with Gasteiger partial charge in [0.1, 0.15) is 17.1 Å². The molecule has 2 aromatic carbocycles. The number of carbonyl (C=O) groups excluding carboxylic acids is 3. The lowest BCUT2D eigenvalue weighted by Crippen LogP contribution is -2.57. The Bertz CT molecular complexity index is 2200. The van der Waals surface area contributed by atoms with E-state index in [4.69, 9.17) is 32.8 Å². The van der Waals surface area contributed by atoms with Gasteiger partial charge in [0.05, 0.1) is 18.2 Å². The van der Waals surface area contributed by atoms with E-state index in [1.165, 1.54) is 16.7 Å². The number of methoxy groups -OCH3 is 1. The summed E-state index contributed by atoms with van der Waals surface area (Å²) in [6.07, 6.45) is 9.18. The molecule has 0 spiro atoms. The fourth-order valence-electron chi connectivity index (χ4n) is 7.20. The van der Waals surface area contributed by atoms with Crippen LogP contribution in [-0.4, -0.2) is 82.9 Å². The van der Waals surface area contributed by atoms with Crippen molar-refractivity contribution in [2.45, 2.75) is 86.1 Å². The van der Waals surface area contributed by atoms with Crippen molar-refractivity contribution in [1.29, 1.82) is 0 Å². The Morgan fingerprint density at radius 1 is 0.862 bits per heavy atom. The molecule has 0 saturated heterocycles. The van der Waals surface area contributed by atoms with Gasteiger partial charge < -0.3 is 42.0 Å². The zero-order valence-electron chi connectivity index (χ0n) is 32.9. The van der Waals surface area contributed by atoms with E-state index in [1.54, 1.807) is 26.6 Å². The van der Waals surface area contributed by atoms with Gasteiger partial charge >= 0.3 is 0 Å². The van der Waals surface area contributed by atoms with Gasteiger partial charge in [-0.25, -0.2) is 9.97 Å². The first-order valence-corrected chi connectivity index (χ1v) is 20.9. The van der Waals surface area contributed by atoms with E-state index in [9.17, 15) is 14.4 Å². The van der Waals surface area contributed by atoms with Crippen LogP contribution in [0.4, 0.5) is 0 Å². The summed E-state index contributed by atoms with van der Waals surface area (Å²) in [6.45, 7) is 1.35. The maximum Gasteiger partial charge on any atom is 0.245 e. The van der Waals surface area contributed by atoms with E-state index in [0.29, 0.717) is 66.1 Å². The summed E-state index contributed by atoms with van der Waals surface area (Å²) < 4.78 is 5.40. The minimum atomic E-state index is -0.932. The smallest absolute Gasteiger partial charge is 0.245 e. The molecular weight excluding hydrogens is 774 g/mol. The molecule has 3 aromatic heterocycles. The molecule has 3 amide bonds. The van der Waals surface area contributed by atoms with Crippen molar-refractivity contribution in [3.05, 3.63) is 101 Å². The molecule has 0 unspecified atom stereocenters. The zero-order valence-corrected chi connectivity index (χ0v) is 34.5. The number of hydrogen-bond acceptors (Lipinski definition) is 10. The number of H-pyrrole nitrogens is 1. The van der Waals surface area contributed by atoms with Crippen molar-refractivity contribution in [3.63, 3.8) is 0 Å². The van der Waals surface area contributed by atoms with Crippen molar-refractivity contribution < 1.29 is 19.1 Å². The zero-order chi connectivity index (χ0) is 41.0. The van der Waals surface area contributed by atoms with Crippen LogP contribution >= 0.6 is 23.4 Å². The van der Waals surface area contributed by atoms with E-state index >= 15 is 0 Å². The highest BCUT2D eigenvalue weighted by Crippen LogP contribution is 2.40. The summed E-state index contributed by atoms with van der Waals surface area (Å²) in [5.74, 6) is -0.575. The molecule has 0 aliphatic carbocycles. The van der Waals surface area contributed by atoms with Gasteiger partial charge in [0.15, 0.2) is 0 Å². The third-order valence-electron chi connectivity index (χ3n) is 10.5. The van der Waals surface area contributed by atoms with Crippen LogP contribution in [0.25, 0.3) is 22.0 Å². The molecule has 15 heteroatoms. The Labute approximate surface area is 348 Å². The number of aromatic amines is 1. The van der Waals surface area contributed by atoms with Crippen molar-refractivity contribution in [3.8, 4) is 17.0 Å². The van der Waals surface area contributed by atoms with Crippen LogP contribution < -0.4 is 32.2 Å². The second-order valence-corrected chi connectivity index (χ2v) is 15.8. The summed E-state index contributed by atoms with van der Waals surface area (Å²) in [7, 11) is 3.20. The van der Waals surface area contributed by atoms with Crippen LogP contribution in [0.15, 0.2) is 89.2 Å². The largest absolute Gasteiger partial charge is 0.481 e. The minimum Gasteiger partial charge on any atom is -0.481 e. The van der Waals surface area contributed by atoms with Gasteiger partial charge in [-0.15, -0.1) is 0 Å². The van der Waals surface area contributed by atoms with Crippen LogP contribution in [0, 0.1) is 0 Å². The average Bonchev–Trinajstić information content (AvgIpc) is 3.66. The molecule has 3 atom stereocenters. The number of fused-ring (bicyclic) bond motifs is 3. The summed E-state index contributed by atoms with van der Waals surface area (Å²) in [6, 6.07) is 16.7. The molecule has 0 fully saturated rings. The highest BCUT2D eigenvalue weighted by atomic mass is 35.5. The number of benzene rings is 2. The molecule has 58 heavy (non-hydrogen) atoms. The van der Waals surface area contributed by atoms with Crippen LogP contribution in [0.2, 0.25) is 5.02 Å².